The van der Waals surface area contributed by atoms with Crippen molar-refractivity contribution in [3.8, 4) is 0 Å². The highest BCUT2D eigenvalue weighted by Crippen LogP contribution is 2.68. The average molecular weight is 759 g/mol. The van der Waals surface area contributed by atoms with Crippen LogP contribution in [0.4, 0.5) is 0 Å². The maximum absolute atomic E-state index is 12.3. The van der Waals surface area contributed by atoms with E-state index in [2.05, 4.69) is 33.8 Å². The van der Waals surface area contributed by atoms with Gasteiger partial charge in [-0.3, -0.25) is 0 Å². The number of ether oxygens (including phenoxy) is 4. The van der Waals surface area contributed by atoms with Crippen LogP contribution < -0.4 is 0 Å². The molecule has 14 nitrogen and oxygen atoms in total. The molecular formula is C39H66O14. The second-order valence-corrected chi connectivity index (χ2v) is 18.1. The van der Waals surface area contributed by atoms with Gasteiger partial charge >= 0.3 is 0 Å². The van der Waals surface area contributed by atoms with E-state index in [9.17, 15) is 51.1 Å². The third kappa shape index (κ3) is 7.42. The van der Waals surface area contributed by atoms with Gasteiger partial charge in [0.2, 0.25) is 0 Å². The van der Waals surface area contributed by atoms with Crippen molar-refractivity contribution in [2.75, 3.05) is 13.2 Å². The summed E-state index contributed by atoms with van der Waals surface area (Å²) in [6, 6.07) is 0. The summed E-state index contributed by atoms with van der Waals surface area (Å²) in [5.41, 5.74) is 0.286. The summed E-state index contributed by atoms with van der Waals surface area (Å²) in [5, 5.41) is 106. The fourth-order valence-corrected chi connectivity index (χ4v) is 11.5. The van der Waals surface area contributed by atoms with E-state index in [1.807, 2.05) is 6.92 Å². The molecule has 3 saturated carbocycles. The Hall–Kier alpha value is -0.820. The van der Waals surface area contributed by atoms with Gasteiger partial charge in [0.05, 0.1) is 37.6 Å². The predicted molar refractivity (Wildman–Crippen MR) is 188 cm³/mol. The molecular weight excluding hydrogens is 692 g/mol. The first kappa shape index (κ1) is 41.8. The monoisotopic (exact) mass is 758 g/mol. The van der Waals surface area contributed by atoms with Crippen LogP contribution in [-0.4, -0.2) is 150 Å². The van der Waals surface area contributed by atoms with Crippen LogP contribution in [0.3, 0.4) is 0 Å². The highest BCUT2D eigenvalue weighted by molar-refractivity contribution is 5.27. The lowest BCUT2D eigenvalue weighted by Crippen LogP contribution is -2.60. The van der Waals surface area contributed by atoms with E-state index in [1.54, 1.807) is 0 Å². The van der Waals surface area contributed by atoms with E-state index in [0.29, 0.717) is 38.0 Å². The number of hydrogen-bond donors (Lipinski definition) is 10. The van der Waals surface area contributed by atoms with E-state index in [1.165, 1.54) is 5.57 Å². The van der Waals surface area contributed by atoms with Gasteiger partial charge in [-0.1, -0.05) is 46.3 Å². The molecule has 21 unspecified atom stereocenters. The quantitative estimate of drug-likeness (QED) is 0.124. The molecule has 0 bridgehead atoms. The summed E-state index contributed by atoms with van der Waals surface area (Å²) in [6.45, 7) is 9.48. The number of hydrogen-bond acceptors (Lipinski definition) is 14. The fourth-order valence-electron chi connectivity index (χ4n) is 11.5. The van der Waals surface area contributed by atoms with Gasteiger partial charge < -0.3 is 70.0 Å². The second-order valence-electron chi connectivity index (χ2n) is 18.1. The molecule has 21 atom stereocenters. The first-order valence-electron chi connectivity index (χ1n) is 19.9. The molecule has 2 heterocycles. The van der Waals surface area contributed by atoms with Crippen molar-refractivity contribution in [3.05, 3.63) is 11.6 Å². The number of aliphatic hydroxyl groups is 10. The van der Waals surface area contributed by atoms with Crippen molar-refractivity contribution < 1.29 is 70.0 Å². The van der Waals surface area contributed by atoms with Crippen molar-refractivity contribution in [3.63, 3.8) is 0 Å². The molecule has 5 fully saturated rings. The maximum atomic E-state index is 12.3. The minimum absolute atomic E-state index is 0.0198. The van der Waals surface area contributed by atoms with Gasteiger partial charge in [-0.2, -0.15) is 0 Å². The number of allylic oxidation sites excluding steroid dienone is 1. The zero-order chi connectivity index (χ0) is 38.7. The highest BCUT2D eigenvalue weighted by atomic mass is 16.7. The average Bonchev–Trinajstić information content (AvgIpc) is 3.43. The van der Waals surface area contributed by atoms with Gasteiger partial charge in [0, 0.05) is 5.41 Å². The summed E-state index contributed by atoms with van der Waals surface area (Å²) in [4.78, 5) is 0. The smallest absolute Gasteiger partial charge is 0.186 e. The van der Waals surface area contributed by atoms with E-state index in [0.717, 1.165) is 19.3 Å². The normalized spacial score (nSPS) is 51.2. The van der Waals surface area contributed by atoms with Gasteiger partial charge in [0.25, 0.3) is 0 Å². The molecule has 6 rings (SSSR count). The Labute approximate surface area is 312 Å². The largest absolute Gasteiger partial charge is 0.394 e. The summed E-state index contributed by atoms with van der Waals surface area (Å²) < 4.78 is 24.2. The van der Waals surface area contributed by atoms with E-state index in [-0.39, 0.29) is 41.1 Å². The Balaban J connectivity index is 1.25. The molecule has 53 heavy (non-hydrogen) atoms. The standard InChI is InChI=1S/C39H66O14/c1-17(2)6-9-24(42)18(3)29-25(51-37-35(49)33(47)31(45)27(16-41)53-37)13-23-21-8-7-19-12-20(50-36-34(48)32(46)30(44)26(15-40)52-36)10-11-38(19,4)22(21)14-28(43)39(23,29)5/h7,17-18,20-37,40-49H,6,8-16H2,1-5H3. The fraction of sp³-hybridized carbons (Fsp3) is 0.949. The van der Waals surface area contributed by atoms with Crippen LogP contribution in [0, 0.1) is 46.3 Å². The van der Waals surface area contributed by atoms with E-state index < -0.39 is 98.4 Å². The van der Waals surface area contributed by atoms with Crippen LogP contribution in [0.2, 0.25) is 0 Å². The topological polar surface area (TPSA) is 239 Å². The molecule has 0 amide bonds. The molecule has 0 radical (unpaired) electrons. The van der Waals surface area contributed by atoms with Gasteiger partial charge in [-0.15, -0.1) is 0 Å². The summed E-state index contributed by atoms with van der Waals surface area (Å²) >= 11 is 0. The zero-order valence-electron chi connectivity index (χ0n) is 31.8. The molecule has 6 aliphatic rings. The van der Waals surface area contributed by atoms with Crippen molar-refractivity contribution in [1.29, 1.82) is 0 Å². The highest BCUT2D eigenvalue weighted by Gasteiger charge is 2.66. The van der Waals surface area contributed by atoms with E-state index >= 15 is 0 Å². The van der Waals surface area contributed by atoms with Crippen LogP contribution in [0.1, 0.15) is 86.0 Å². The Morgan fingerprint density at radius 2 is 1.36 bits per heavy atom. The van der Waals surface area contributed by atoms with Crippen LogP contribution in [0.25, 0.3) is 0 Å². The van der Waals surface area contributed by atoms with Crippen LogP contribution in [0.5, 0.6) is 0 Å². The maximum Gasteiger partial charge on any atom is 0.186 e. The first-order valence-corrected chi connectivity index (χ1v) is 19.9. The SMILES string of the molecule is CC(C)CCC(O)C(C)C1C(OC2OC(CO)C(O)C(O)C2O)CC2C3CC=C4CC(OC5OC(CO)C(O)C(O)C5O)CCC4(C)C3CC(O)C21C. The molecule has 0 aromatic carbocycles. The third-order valence-corrected chi connectivity index (χ3v) is 14.8. The van der Waals surface area contributed by atoms with Crippen LogP contribution >= 0.6 is 0 Å². The van der Waals surface area contributed by atoms with Crippen molar-refractivity contribution >= 4 is 0 Å². The van der Waals surface area contributed by atoms with Crippen molar-refractivity contribution in [2.45, 2.75) is 172 Å². The molecule has 4 aliphatic carbocycles. The number of fused-ring (bicyclic) bond motifs is 5. The lowest BCUT2D eigenvalue weighted by Gasteiger charge is -2.60. The molecule has 14 heteroatoms. The lowest BCUT2D eigenvalue weighted by molar-refractivity contribution is -0.316. The first-order chi connectivity index (χ1) is 25.0. The predicted octanol–water partition coefficient (Wildman–Crippen LogP) is -0.0505. The lowest BCUT2D eigenvalue weighted by atomic mass is 9.46. The van der Waals surface area contributed by atoms with Crippen molar-refractivity contribution in [2.24, 2.45) is 46.3 Å². The number of rotatable bonds is 11. The molecule has 2 aliphatic heterocycles. The molecule has 0 aromatic heterocycles. The summed E-state index contributed by atoms with van der Waals surface area (Å²) in [6.07, 6.45) is -8.68. The molecule has 0 spiro atoms. The van der Waals surface area contributed by atoms with Crippen molar-refractivity contribution in [1.82, 2.24) is 0 Å². The van der Waals surface area contributed by atoms with Crippen LogP contribution in [0.15, 0.2) is 11.6 Å². The summed E-state index contributed by atoms with van der Waals surface area (Å²) in [7, 11) is 0. The molecule has 10 N–H and O–H groups in total. The Kier molecular flexibility index (Phi) is 12.8. The molecule has 2 saturated heterocycles. The second kappa shape index (κ2) is 16.2. The molecule has 306 valence electrons. The Morgan fingerprint density at radius 3 is 1.92 bits per heavy atom. The summed E-state index contributed by atoms with van der Waals surface area (Å²) in [5.74, 6) is 0.0489. The van der Waals surface area contributed by atoms with E-state index in [4.69, 9.17) is 18.9 Å². The minimum atomic E-state index is -1.59. The Bertz CT molecular complexity index is 1260. The van der Waals surface area contributed by atoms with Gasteiger partial charge in [0.1, 0.15) is 48.8 Å². The zero-order valence-corrected chi connectivity index (χ0v) is 31.8. The third-order valence-electron chi connectivity index (χ3n) is 14.8. The van der Waals surface area contributed by atoms with Gasteiger partial charge in [0.15, 0.2) is 12.6 Å². The number of aliphatic hydroxyl groups excluding tert-OH is 10. The van der Waals surface area contributed by atoms with Gasteiger partial charge in [-0.25, -0.2) is 0 Å². The minimum Gasteiger partial charge on any atom is -0.394 e. The molecule has 0 aromatic rings. The Morgan fingerprint density at radius 1 is 0.774 bits per heavy atom. The van der Waals surface area contributed by atoms with Crippen LogP contribution in [-0.2, 0) is 18.9 Å². The van der Waals surface area contributed by atoms with Gasteiger partial charge in [-0.05, 0) is 92.3 Å².